The van der Waals surface area contributed by atoms with Crippen molar-refractivity contribution in [3.63, 3.8) is 0 Å². The summed E-state index contributed by atoms with van der Waals surface area (Å²) in [4.78, 5) is 28.7. The maximum absolute atomic E-state index is 12.6. The van der Waals surface area contributed by atoms with Crippen LogP contribution in [0.3, 0.4) is 0 Å². The van der Waals surface area contributed by atoms with Crippen LogP contribution in [0.1, 0.15) is 24.8 Å². The van der Waals surface area contributed by atoms with E-state index >= 15 is 0 Å². The van der Waals surface area contributed by atoms with Gasteiger partial charge >= 0.3 is 0 Å². The lowest BCUT2D eigenvalue weighted by Crippen LogP contribution is -2.34. The molecule has 3 aromatic heterocycles. The summed E-state index contributed by atoms with van der Waals surface area (Å²) in [5.41, 5.74) is 2.83. The van der Waals surface area contributed by atoms with Gasteiger partial charge in [-0.15, -0.1) is 0 Å². The van der Waals surface area contributed by atoms with Gasteiger partial charge in [-0.05, 0) is 25.0 Å². The van der Waals surface area contributed by atoms with E-state index in [-0.39, 0.29) is 13.4 Å². The molecule has 1 fully saturated rings. The Bertz CT molecular complexity index is 924. The number of nitrogens with zero attached hydrogens (tertiary/aromatic N) is 4. The normalized spacial score (nSPS) is 17.5. The molecule has 4 heterocycles. The van der Waals surface area contributed by atoms with Crippen molar-refractivity contribution in [3.8, 4) is 17.3 Å². The van der Waals surface area contributed by atoms with Crippen molar-refractivity contribution in [1.29, 1.82) is 5.26 Å². The number of H-pyrrole nitrogens is 2. The minimum atomic E-state index is -0.329. The number of carbonyl (C=O) groups excluding carboxylic acids is 1. The van der Waals surface area contributed by atoms with Gasteiger partial charge < -0.3 is 14.9 Å². The maximum atomic E-state index is 12.6. The van der Waals surface area contributed by atoms with Gasteiger partial charge in [-0.1, -0.05) is 0 Å². The summed E-state index contributed by atoms with van der Waals surface area (Å²) < 4.78 is 0. The first-order valence-electron chi connectivity index (χ1n) is 7.45. The number of aromatic nitrogens is 4. The van der Waals surface area contributed by atoms with Crippen molar-refractivity contribution < 1.29 is 6.22 Å². The fourth-order valence-corrected chi connectivity index (χ4v) is 3.06. The van der Waals surface area contributed by atoms with Gasteiger partial charge in [0.1, 0.15) is 23.7 Å². The summed E-state index contributed by atoms with van der Waals surface area (Å²) in [5, 5.41) is 10.0. The van der Waals surface area contributed by atoms with Crippen molar-refractivity contribution in [2.45, 2.75) is 18.9 Å². The summed E-state index contributed by atoms with van der Waals surface area (Å²) in [5.74, 6) is -0.139. The highest BCUT2D eigenvalue weighted by Crippen LogP contribution is 2.26. The molecule has 1 aliphatic rings. The molecule has 1 atom stereocenters. The van der Waals surface area contributed by atoms with Gasteiger partial charge in [-0.25, -0.2) is 9.97 Å². The number of nitrogens with one attached hydrogen (secondary N) is 2. The lowest BCUT2D eigenvalue weighted by Gasteiger charge is -2.18. The maximum Gasteiger partial charge on any atom is 0.271 e. The number of hydrogen-bond donors (Lipinski definition) is 2. The molecular formula is C16H16N6O. The van der Waals surface area contributed by atoms with Gasteiger partial charge in [0.05, 0.1) is 11.8 Å². The van der Waals surface area contributed by atoms with Crippen LogP contribution >= 0.6 is 0 Å². The molecule has 0 aromatic carbocycles. The molecule has 1 unspecified atom stereocenters. The average molecular weight is 308 g/mol. The van der Waals surface area contributed by atoms with Gasteiger partial charge in [0.2, 0.25) is 0 Å². The van der Waals surface area contributed by atoms with E-state index in [9.17, 15) is 4.79 Å². The summed E-state index contributed by atoms with van der Waals surface area (Å²) in [6.07, 6.45) is 6.68. The average Bonchev–Trinajstić information content (AvgIpc) is 3.32. The molecular weight excluding hydrogens is 292 g/mol. The Morgan fingerprint density at radius 2 is 2.35 bits per heavy atom. The van der Waals surface area contributed by atoms with Crippen LogP contribution in [0.25, 0.3) is 22.3 Å². The summed E-state index contributed by atoms with van der Waals surface area (Å²) >= 11 is 0. The first-order chi connectivity index (χ1) is 11.3. The number of likely N-dealkylation sites (tertiary alicyclic amines) is 1. The van der Waals surface area contributed by atoms with Crippen LogP contribution in [0, 0.1) is 11.3 Å². The minimum Gasteiger partial charge on any atom is -0.357 e. The standard InChI is InChI=1S/C16H14N6O.H2/c17-7-11-2-1-5-22(11)16(23)13-6-10(8-19-13)14-12-3-4-18-15(12)21-9-20-14;/h3-4,6,8-9,11,19H,1-2,5H2,(H,18,20,21);1H. The van der Waals surface area contributed by atoms with Crippen LogP contribution in [0.2, 0.25) is 0 Å². The predicted molar refractivity (Wildman–Crippen MR) is 85.5 cm³/mol. The molecule has 3 aromatic rings. The molecule has 7 heteroatoms. The third-order valence-electron chi connectivity index (χ3n) is 4.20. The zero-order valence-corrected chi connectivity index (χ0v) is 12.3. The fraction of sp³-hybridized carbons (Fsp3) is 0.250. The SMILES string of the molecule is N#CC1CCCN1C(=O)c1cc(-c2ncnc3[nH]ccc23)c[nH]1.[HH]. The largest absolute Gasteiger partial charge is 0.357 e. The molecule has 2 N–H and O–H groups in total. The van der Waals surface area contributed by atoms with Gasteiger partial charge in [-0.3, -0.25) is 4.79 Å². The van der Waals surface area contributed by atoms with E-state index in [1.165, 1.54) is 6.33 Å². The van der Waals surface area contributed by atoms with Crippen LogP contribution in [0.5, 0.6) is 0 Å². The smallest absolute Gasteiger partial charge is 0.271 e. The fourth-order valence-electron chi connectivity index (χ4n) is 3.06. The zero-order valence-electron chi connectivity index (χ0n) is 12.3. The molecule has 0 spiro atoms. The monoisotopic (exact) mass is 308 g/mol. The highest BCUT2D eigenvalue weighted by molar-refractivity contribution is 5.96. The molecule has 0 bridgehead atoms. The second-order valence-corrected chi connectivity index (χ2v) is 5.55. The molecule has 0 saturated carbocycles. The first-order valence-corrected chi connectivity index (χ1v) is 7.45. The van der Waals surface area contributed by atoms with E-state index in [2.05, 4.69) is 26.0 Å². The van der Waals surface area contributed by atoms with Gasteiger partial charge in [0, 0.05) is 31.3 Å². The number of nitriles is 1. The van der Waals surface area contributed by atoms with Gasteiger partial charge in [-0.2, -0.15) is 5.26 Å². The van der Waals surface area contributed by atoms with Crippen molar-refractivity contribution in [3.05, 3.63) is 36.5 Å². The quantitative estimate of drug-likeness (QED) is 0.758. The molecule has 116 valence electrons. The van der Waals surface area contributed by atoms with Crippen molar-refractivity contribution in [1.82, 2.24) is 24.8 Å². The molecule has 0 radical (unpaired) electrons. The summed E-state index contributed by atoms with van der Waals surface area (Å²) in [7, 11) is 0. The second kappa shape index (κ2) is 5.25. The molecule has 1 amide bonds. The topological polar surface area (TPSA) is 101 Å². The van der Waals surface area contributed by atoms with Crippen LogP contribution in [-0.4, -0.2) is 43.3 Å². The summed E-state index contributed by atoms with van der Waals surface area (Å²) in [6, 6.07) is 5.55. The number of rotatable bonds is 2. The van der Waals surface area contributed by atoms with Crippen molar-refractivity contribution in [2.24, 2.45) is 0 Å². The lowest BCUT2D eigenvalue weighted by atomic mass is 10.1. The molecule has 7 nitrogen and oxygen atoms in total. The van der Waals surface area contributed by atoms with E-state index in [1.807, 2.05) is 12.3 Å². The van der Waals surface area contributed by atoms with E-state index in [1.54, 1.807) is 17.2 Å². The highest BCUT2D eigenvalue weighted by Gasteiger charge is 2.30. The van der Waals surface area contributed by atoms with Crippen molar-refractivity contribution in [2.75, 3.05) is 6.54 Å². The lowest BCUT2D eigenvalue weighted by molar-refractivity contribution is 0.0759. The Morgan fingerprint density at radius 3 is 3.22 bits per heavy atom. The van der Waals surface area contributed by atoms with E-state index in [0.29, 0.717) is 12.2 Å². The molecule has 23 heavy (non-hydrogen) atoms. The number of hydrogen-bond acceptors (Lipinski definition) is 4. The van der Waals surface area contributed by atoms with Crippen molar-refractivity contribution >= 4 is 16.9 Å². The summed E-state index contributed by atoms with van der Waals surface area (Å²) in [6.45, 7) is 0.626. The second-order valence-electron chi connectivity index (χ2n) is 5.55. The Morgan fingerprint density at radius 1 is 1.43 bits per heavy atom. The highest BCUT2D eigenvalue weighted by atomic mass is 16.2. The van der Waals surface area contributed by atoms with Crippen LogP contribution in [0.4, 0.5) is 0 Å². The molecule has 1 aliphatic heterocycles. The minimum absolute atomic E-state index is 0. The Balaban J connectivity index is 0.00000169. The van der Waals surface area contributed by atoms with Crippen LogP contribution in [-0.2, 0) is 0 Å². The predicted octanol–water partition coefficient (Wildman–Crippen LogP) is 2.33. The number of aromatic amines is 2. The zero-order chi connectivity index (χ0) is 15.8. The van der Waals surface area contributed by atoms with Gasteiger partial charge in [0.15, 0.2) is 0 Å². The third-order valence-corrected chi connectivity index (χ3v) is 4.20. The molecule has 1 saturated heterocycles. The van der Waals surface area contributed by atoms with Crippen LogP contribution in [0.15, 0.2) is 30.9 Å². The number of fused-ring (bicyclic) bond motifs is 1. The van der Waals surface area contributed by atoms with E-state index < -0.39 is 0 Å². The first kappa shape index (κ1) is 13.5. The number of carbonyl (C=O) groups is 1. The Labute approximate surface area is 133 Å². The van der Waals surface area contributed by atoms with E-state index in [0.717, 1.165) is 35.1 Å². The Kier molecular flexibility index (Phi) is 3.08. The number of amides is 1. The van der Waals surface area contributed by atoms with Gasteiger partial charge in [0.25, 0.3) is 5.91 Å². The Hall–Kier alpha value is -3.14. The molecule has 0 aliphatic carbocycles. The third kappa shape index (κ3) is 2.16. The van der Waals surface area contributed by atoms with Crippen LogP contribution < -0.4 is 0 Å². The van der Waals surface area contributed by atoms with E-state index in [4.69, 9.17) is 5.26 Å². The molecule has 4 rings (SSSR count).